The first kappa shape index (κ1) is 22.2. The van der Waals surface area contributed by atoms with E-state index >= 15 is 0 Å². The molecule has 1 aliphatic rings. The number of epoxide rings is 1. The van der Waals surface area contributed by atoms with Gasteiger partial charge in [-0.25, -0.2) is 14.6 Å². The number of imidazole rings is 1. The zero-order valence-electron chi connectivity index (χ0n) is 15.3. The number of aromatic nitrogens is 2. The fourth-order valence-corrected chi connectivity index (χ4v) is 3.60. The van der Waals surface area contributed by atoms with E-state index in [1.54, 1.807) is 18.6 Å². The van der Waals surface area contributed by atoms with Crippen molar-refractivity contribution in [2.24, 2.45) is 0 Å². The molecule has 28 heavy (non-hydrogen) atoms. The minimum absolute atomic E-state index is 0.0321. The van der Waals surface area contributed by atoms with Gasteiger partial charge in [-0.2, -0.15) is 0 Å². The van der Waals surface area contributed by atoms with Crippen molar-refractivity contribution in [3.63, 3.8) is 0 Å². The number of carboxylic acids is 2. The van der Waals surface area contributed by atoms with Crippen LogP contribution in [0, 0.1) is 0 Å². The van der Waals surface area contributed by atoms with Gasteiger partial charge >= 0.3 is 11.9 Å². The Morgan fingerprint density at radius 2 is 1.93 bits per heavy atom. The number of halogens is 2. The summed E-state index contributed by atoms with van der Waals surface area (Å²) >= 11 is 12.5. The highest BCUT2D eigenvalue weighted by Gasteiger charge is 2.59. The number of aliphatic carboxylic acids is 2. The van der Waals surface area contributed by atoms with Crippen LogP contribution in [-0.4, -0.2) is 31.7 Å². The number of rotatable bonds is 7. The molecule has 0 bridgehead atoms. The number of carboxylic acid groups (broad SMARTS) is 2. The minimum atomic E-state index is -1.82. The lowest BCUT2D eigenvalue weighted by atomic mass is 9.91. The van der Waals surface area contributed by atoms with E-state index in [2.05, 4.69) is 11.9 Å². The molecule has 152 valence electrons. The maximum Gasteiger partial charge on any atom is 0.414 e. The quantitative estimate of drug-likeness (QED) is 0.374. The average molecular weight is 429 g/mol. The normalized spacial score (nSPS) is 20.2. The third-order valence-corrected chi connectivity index (χ3v) is 4.98. The fraction of sp³-hybridized carbons (Fsp3) is 0.421. The molecule has 2 atom stereocenters. The standard InChI is InChI=1S/C17H20Cl2N2O.C2H2O4/c1-2-3-4-5-8-17(14-7-6-13(18)11-15(14)19)16(22-17)21-10-9-20-12-21;3-1(4)2(5)6/h6-7,9-12,16H,2-5,8H2,1H3;(H,3,4)(H,5,6)/t16-,17-;/m1./s1. The fourth-order valence-electron chi connectivity index (χ4n) is 3.04. The van der Waals surface area contributed by atoms with Crippen LogP contribution >= 0.6 is 23.2 Å². The van der Waals surface area contributed by atoms with Crippen molar-refractivity contribution in [3.8, 4) is 0 Å². The van der Waals surface area contributed by atoms with Crippen LogP contribution < -0.4 is 0 Å². The van der Waals surface area contributed by atoms with Crippen LogP contribution in [0.2, 0.25) is 10.0 Å². The summed E-state index contributed by atoms with van der Waals surface area (Å²) in [6, 6.07) is 5.66. The van der Waals surface area contributed by atoms with Gasteiger partial charge in [0.2, 0.25) is 0 Å². The molecule has 0 saturated carbocycles. The number of unbranched alkanes of at least 4 members (excludes halogenated alkanes) is 3. The molecule has 0 aliphatic carbocycles. The van der Waals surface area contributed by atoms with Gasteiger partial charge in [-0.05, 0) is 18.6 Å². The van der Waals surface area contributed by atoms with Crippen LogP contribution in [0.3, 0.4) is 0 Å². The van der Waals surface area contributed by atoms with Crippen LogP contribution in [0.1, 0.15) is 50.8 Å². The summed E-state index contributed by atoms with van der Waals surface area (Å²) in [5, 5.41) is 16.1. The number of hydrogen-bond donors (Lipinski definition) is 2. The Balaban J connectivity index is 0.000000409. The summed E-state index contributed by atoms with van der Waals surface area (Å²) in [5.74, 6) is -3.65. The summed E-state index contributed by atoms with van der Waals surface area (Å²) in [6.07, 6.45) is 11.2. The molecule has 2 heterocycles. The van der Waals surface area contributed by atoms with Gasteiger partial charge in [0, 0.05) is 28.0 Å². The van der Waals surface area contributed by atoms with Crippen LogP contribution in [-0.2, 0) is 19.9 Å². The van der Waals surface area contributed by atoms with Gasteiger partial charge in [0.15, 0.2) is 6.23 Å². The minimum Gasteiger partial charge on any atom is -0.473 e. The molecule has 0 amide bonds. The molecule has 1 fully saturated rings. The van der Waals surface area contributed by atoms with E-state index in [-0.39, 0.29) is 11.8 Å². The van der Waals surface area contributed by atoms with Gasteiger partial charge in [-0.3, -0.25) is 0 Å². The van der Waals surface area contributed by atoms with E-state index in [4.69, 9.17) is 47.7 Å². The number of ether oxygens (including phenoxy) is 1. The van der Waals surface area contributed by atoms with Gasteiger partial charge in [0.1, 0.15) is 5.60 Å². The molecule has 3 rings (SSSR count). The predicted octanol–water partition coefficient (Wildman–Crippen LogP) is 4.74. The van der Waals surface area contributed by atoms with Gasteiger partial charge in [-0.15, -0.1) is 0 Å². The molecule has 2 aromatic rings. The molecule has 1 aromatic carbocycles. The lowest BCUT2D eigenvalue weighted by Gasteiger charge is -2.15. The van der Waals surface area contributed by atoms with E-state index in [0.29, 0.717) is 10.0 Å². The summed E-state index contributed by atoms with van der Waals surface area (Å²) in [5.41, 5.74) is 0.671. The van der Waals surface area contributed by atoms with E-state index < -0.39 is 11.9 Å². The molecule has 0 spiro atoms. The summed E-state index contributed by atoms with van der Waals surface area (Å²) in [6.45, 7) is 2.22. The molecule has 7 nitrogen and oxygen atoms in total. The number of hydrogen-bond acceptors (Lipinski definition) is 4. The summed E-state index contributed by atoms with van der Waals surface area (Å²) in [4.78, 5) is 22.3. The summed E-state index contributed by atoms with van der Waals surface area (Å²) in [7, 11) is 0. The van der Waals surface area contributed by atoms with Gasteiger partial charge < -0.3 is 19.5 Å². The highest BCUT2D eigenvalue weighted by Crippen LogP contribution is 2.58. The van der Waals surface area contributed by atoms with Crippen LogP contribution in [0.4, 0.5) is 0 Å². The summed E-state index contributed by atoms with van der Waals surface area (Å²) < 4.78 is 8.14. The number of nitrogens with zero attached hydrogens (tertiary/aromatic N) is 2. The second-order valence-corrected chi connectivity index (χ2v) is 7.26. The molecule has 1 aliphatic heterocycles. The number of benzene rings is 1. The van der Waals surface area contributed by atoms with Gasteiger partial charge in [0.05, 0.1) is 6.33 Å². The molecule has 2 N–H and O–H groups in total. The second-order valence-electron chi connectivity index (χ2n) is 6.41. The average Bonchev–Trinajstić information content (AvgIpc) is 3.11. The van der Waals surface area contributed by atoms with Crippen molar-refractivity contribution in [2.75, 3.05) is 0 Å². The molecule has 0 unspecified atom stereocenters. The first-order valence-electron chi connectivity index (χ1n) is 8.88. The Hall–Kier alpha value is -2.09. The third-order valence-electron chi connectivity index (χ3n) is 4.43. The van der Waals surface area contributed by atoms with E-state index in [0.717, 1.165) is 18.4 Å². The second kappa shape index (κ2) is 9.91. The van der Waals surface area contributed by atoms with Crippen LogP contribution in [0.25, 0.3) is 0 Å². The molecule has 1 aromatic heterocycles. The highest BCUT2D eigenvalue weighted by molar-refractivity contribution is 6.35. The van der Waals surface area contributed by atoms with E-state index in [9.17, 15) is 0 Å². The Morgan fingerprint density at radius 3 is 2.46 bits per heavy atom. The largest absolute Gasteiger partial charge is 0.473 e. The van der Waals surface area contributed by atoms with Gasteiger partial charge in [-0.1, -0.05) is 61.9 Å². The lowest BCUT2D eigenvalue weighted by molar-refractivity contribution is -0.159. The topological polar surface area (TPSA) is 105 Å². The SMILES string of the molecule is CCCCCC[C@]1(c2ccc(Cl)cc2Cl)O[C@H]1n1ccnc1.O=C(O)C(=O)O. The van der Waals surface area contributed by atoms with Crippen molar-refractivity contribution in [1.29, 1.82) is 0 Å². The van der Waals surface area contributed by atoms with Crippen molar-refractivity contribution < 1.29 is 24.5 Å². The Labute approximate surface area is 172 Å². The monoisotopic (exact) mass is 428 g/mol. The Kier molecular flexibility index (Phi) is 7.86. The zero-order chi connectivity index (χ0) is 20.7. The van der Waals surface area contributed by atoms with Crippen molar-refractivity contribution in [3.05, 3.63) is 52.5 Å². The molecule has 9 heteroatoms. The van der Waals surface area contributed by atoms with E-state index in [1.807, 2.05) is 22.9 Å². The van der Waals surface area contributed by atoms with Crippen LogP contribution in [0.5, 0.6) is 0 Å². The van der Waals surface area contributed by atoms with Crippen molar-refractivity contribution >= 4 is 35.1 Å². The Morgan fingerprint density at radius 1 is 1.21 bits per heavy atom. The Bertz CT molecular complexity index is 801. The highest BCUT2D eigenvalue weighted by atomic mass is 35.5. The van der Waals surface area contributed by atoms with E-state index in [1.165, 1.54) is 19.3 Å². The molecule has 1 saturated heterocycles. The maximum atomic E-state index is 9.10. The predicted molar refractivity (Wildman–Crippen MR) is 105 cm³/mol. The zero-order valence-corrected chi connectivity index (χ0v) is 16.9. The number of carbonyl (C=O) groups is 2. The first-order chi connectivity index (χ1) is 13.3. The maximum absolute atomic E-state index is 9.10. The molecular formula is C19H22Cl2N2O5. The first-order valence-corrected chi connectivity index (χ1v) is 9.64. The van der Waals surface area contributed by atoms with Crippen LogP contribution in [0.15, 0.2) is 36.9 Å². The lowest BCUT2D eigenvalue weighted by Crippen LogP contribution is -2.13. The van der Waals surface area contributed by atoms with Gasteiger partial charge in [0.25, 0.3) is 0 Å². The smallest absolute Gasteiger partial charge is 0.414 e. The molecule has 0 radical (unpaired) electrons. The third kappa shape index (κ3) is 5.47. The molecular weight excluding hydrogens is 407 g/mol. The van der Waals surface area contributed by atoms with Crippen molar-refractivity contribution in [1.82, 2.24) is 9.55 Å². The van der Waals surface area contributed by atoms with Crippen molar-refractivity contribution in [2.45, 2.75) is 50.9 Å².